The molecule has 3 rings (SSSR count). The molecule has 2 heterocycles. The molecule has 1 aliphatic heterocycles. The highest BCUT2D eigenvalue weighted by atomic mass is 35.5. The molecule has 1 amide bonds. The molecule has 0 unspecified atom stereocenters. The van der Waals surface area contributed by atoms with Gasteiger partial charge in [0.2, 0.25) is 0 Å². The Bertz CT molecular complexity index is 924. The van der Waals surface area contributed by atoms with Gasteiger partial charge < -0.3 is 14.0 Å². The van der Waals surface area contributed by atoms with Gasteiger partial charge in [0.1, 0.15) is 5.75 Å². The lowest BCUT2D eigenvalue weighted by Gasteiger charge is -2.26. The Balaban J connectivity index is 1.92. The van der Waals surface area contributed by atoms with Gasteiger partial charge in [-0.05, 0) is 23.6 Å². The van der Waals surface area contributed by atoms with Crippen LogP contribution in [0.25, 0.3) is 0 Å². The first kappa shape index (κ1) is 22.0. The van der Waals surface area contributed by atoms with Crippen LogP contribution in [0.5, 0.6) is 5.75 Å². The number of aromatic nitrogens is 1. The summed E-state index contributed by atoms with van der Waals surface area (Å²) in [5.41, 5.74) is 0.348. The quantitative estimate of drug-likeness (QED) is 0.717. The first-order valence-electron chi connectivity index (χ1n) is 9.71. The maximum absolute atomic E-state index is 12.9. The fraction of sp³-hybridized carbons (Fsp3) is 0.524. The van der Waals surface area contributed by atoms with Crippen LogP contribution in [-0.2, 0) is 16.7 Å². The zero-order valence-electron chi connectivity index (χ0n) is 17.4. The van der Waals surface area contributed by atoms with Gasteiger partial charge in [-0.25, -0.2) is 0 Å². The molecule has 1 aliphatic rings. The number of carbonyl (C=O) groups excluding carboxylic acids is 1. The summed E-state index contributed by atoms with van der Waals surface area (Å²) in [6.45, 7) is 11.6. The van der Waals surface area contributed by atoms with Crippen molar-refractivity contribution in [2.75, 3.05) is 40.0 Å². The molecule has 1 aromatic heterocycles. The maximum Gasteiger partial charge on any atom is 0.283 e. The van der Waals surface area contributed by atoms with Crippen molar-refractivity contribution in [2.24, 2.45) is 4.99 Å². The highest BCUT2D eigenvalue weighted by Gasteiger charge is 2.20. The van der Waals surface area contributed by atoms with E-state index in [-0.39, 0.29) is 11.3 Å². The monoisotopic (exact) mass is 437 g/mol. The van der Waals surface area contributed by atoms with Crippen molar-refractivity contribution in [2.45, 2.75) is 32.7 Å². The fourth-order valence-corrected chi connectivity index (χ4v) is 4.29. The van der Waals surface area contributed by atoms with Crippen LogP contribution in [0.3, 0.4) is 0 Å². The topological polar surface area (TPSA) is 56.1 Å². The second-order valence-electron chi connectivity index (χ2n) is 8.04. The summed E-state index contributed by atoms with van der Waals surface area (Å²) >= 11 is 7.64. The molecule has 1 aromatic carbocycles. The Morgan fingerprint density at radius 1 is 1.28 bits per heavy atom. The number of carbonyl (C=O) groups is 1. The molecule has 0 atom stereocenters. The van der Waals surface area contributed by atoms with E-state index in [9.17, 15) is 4.79 Å². The van der Waals surface area contributed by atoms with Crippen LogP contribution in [0.2, 0.25) is 5.02 Å². The van der Waals surface area contributed by atoms with Gasteiger partial charge in [-0.3, -0.25) is 9.69 Å². The smallest absolute Gasteiger partial charge is 0.283 e. The predicted octanol–water partition coefficient (Wildman–Crippen LogP) is 3.58. The molecule has 8 heteroatoms. The molecular formula is C21H28ClN3O3S. The lowest BCUT2D eigenvalue weighted by atomic mass is 9.95. The third-order valence-electron chi connectivity index (χ3n) is 4.81. The summed E-state index contributed by atoms with van der Waals surface area (Å²) < 4.78 is 12.8. The van der Waals surface area contributed by atoms with Crippen molar-refractivity contribution in [1.29, 1.82) is 0 Å². The average molecular weight is 438 g/mol. The van der Waals surface area contributed by atoms with Crippen molar-refractivity contribution in [3.05, 3.63) is 44.7 Å². The van der Waals surface area contributed by atoms with E-state index in [0.717, 1.165) is 39.4 Å². The number of halogens is 1. The highest BCUT2D eigenvalue weighted by Crippen LogP contribution is 2.25. The molecule has 1 saturated heterocycles. The third-order valence-corrected chi connectivity index (χ3v) is 6.49. The first-order valence-corrected chi connectivity index (χ1v) is 10.9. The first-order chi connectivity index (χ1) is 13.8. The van der Waals surface area contributed by atoms with Crippen LogP contribution < -0.4 is 9.54 Å². The van der Waals surface area contributed by atoms with E-state index in [0.29, 0.717) is 21.1 Å². The maximum atomic E-state index is 12.9. The molecule has 0 bridgehead atoms. The van der Waals surface area contributed by atoms with Crippen LogP contribution in [0.15, 0.2) is 29.4 Å². The summed E-state index contributed by atoms with van der Waals surface area (Å²) in [5.74, 6) is 0.113. The minimum absolute atomic E-state index is 0.0179. The average Bonchev–Trinajstić information content (AvgIpc) is 3.10. The summed E-state index contributed by atoms with van der Waals surface area (Å²) in [7, 11) is 1.53. The van der Waals surface area contributed by atoms with E-state index < -0.39 is 0 Å². The fourth-order valence-electron chi connectivity index (χ4n) is 3.04. The van der Waals surface area contributed by atoms with E-state index in [2.05, 4.69) is 41.4 Å². The number of thiazole rings is 1. The van der Waals surface area contributed by atoms with Crippen LogP contribution in [-0.4, -0.2) is 55.3 Å². The van der Waals surface area contributed by atoms with Crippen molar-refractivity contribution < 1.29 is 14.3 Å². The molecule has 1 fully saturated rings. The molecule has 6 nitrogen and oxygen atoms in total. The zero-order chi connectivity index (χ0) is 21.0. The molecular weight excluding hydrogens is 410 g/mol. The van der Waals surface area contributed by atoms with Gasteiger partial charge in [0.15, 0.2) is 4.80 Å². The number of amides is 1. The van der Waals surface area contributed by atoms with Gasteiger partial charge in [-0.2, -0.15) is 4.99 Å². The van der Waals surface area contributed by atoms with Crippen molar-refractivity contribution in [1.82, 2.24) is 9.47 Å². The van der Waals surface area contributed by atoms with Crippen LogP contribution in [0, 0.1) is 0 Å². The molecule has 0 saturated carbocycles. The molecule has 158 valence electrons. The number of rotatable bonds is 5. The molecule has 0 aliphatic carbocycles. The van der Waals surface area contributed by atoms with Gasteiger partial charge in [0.05, 0.1) is 25.9 Å². The predicted molar refractivity (Wildman–Crippen MR) is 116 cm³/mol. The number of hydrogen-bond acceptors (Lipinski definition) is 5. The Morgan fingerprint density at radius 2 is 2.00 bits per heavy atom. The second kappa shape index (κ2) is 9.43. The summed E-state index contributed by atoms with van der Waals surface area (Å²) in [5, 5.41) is 0.478. The standard InChI is InChI=1S/C21H28ClN3O3S/c1-21(2,3)18-14-25(8-7-24-9-11-28-12-10-24)20(29-18)23-19(26)16-13-15(22)5-6-17(16)27-4/h5-6,13-14H,7-12H2,1-4H3. The largest absolute Gasteiger partial charge is 0.496 e. The van der Waals surface area contributed by atoms with Gasteiger partial charge in [0.25, 0.3) is 5.91 Å². The minimum Gasteiger partial charge on any atom is -0.496 e. The Morgan fingerprint density at radius 3 is 2.66 bits per heavy atom. The number of methoxy groups -OCH3 is 1. The Labute approximate surface area is 180 Å². The van der Waals surface area contributed by atoms with E-state index in [1.54, 1.807) is 29.5 Å². The number of hydrogen-bond donors (Lipinski definition) is 0. The number of ether oxygens (including phenoxy) is 2. The molecule has 0 spiro atoms. The van der Waals surface area contributed by atoms with Gasteiger partial charge in [-0.1, -0.05) is 32.4 Å². The van der Waals surface area contributed by atoms with Crippen LogP contribution >= 0.6 is 22.9 Å². The van der Waals surface area contributed by atoms with Gasteiger partial charge in [0, 0.05) is 42.3 Å². The van der Waals surface area contributed by atoms with Gasteiger partial charge >= 0.3 is 0 Å². The molecule has 0 radical (unpaired) electrons. The van der Waals surface area contributed by atoms with E-state index in [1.807, 2.05) is 0 Å². The van der Waals surface area contributed by atoms with E-state index >= 15 is 0 Å². The SMILES string of the molecule is COc1ccc(Cl)cc1C(=O)N=c1sc(C(C)(C)C)cn1CCN1CCOCC1. The molecule has 29 heavy (non-hydrogen) atoms. The summed E-state index contributed by atoms with van der Waals surface area (Å²) in [6, 6.07) is 4.98. The minimum atomic E-state index is -0.355. The summed E-state index contributed by atoms with van der Waals surface area (Å²) in [4.78, 5) is 21.6. The summed E-state index contributed by atoms with van der Waals surface area (Å²) in [6.07, 6.45) is 2.12. The lowest BCUT2D eigenvalue weighted by Crippen LogP contribution is -2.38. The Kier molecular flexibility index (Phi) is 7.16. The number of morpholine rings is 1. The van der Waals surface area contributed by atoms with Crippen LogP contribution in [0.1, 0.15) is 36.0 Å². The van der Waals surface area contributed by atoms with Crippen molar-refractivity contribution >= 4 is 28.8 Å². The third kappa shape index (κ3) is 5.69. The number of nitrogens with zero attached hydrogens (tertiary/aromatic N) is 3. The Hall–Kier alpha value is -1.67. The molecule has 2 aromatic rings. The normalized spacial score (nSPS) is 16.2. The number of benzene rings is 1. The van der Waals surface area contributed by atoms with Gasteiger partial charge in [-0.15, -0.1) is 11.3 Å². The highest BCUT2D eigenvalue weighted by molar-refractivity contribution is 7.09. The van der Waals surface area contributed by atoms with Crippen LogP contribution in [0.4, 0.5) is 0 Å². The van der Waals surface area contributed by atoms with Crippen molar-refractivity contribution in [3.63, 3.8) is 0 Å². The molecule has 0 N–H and O–H groups in total. The van der Waals surface area contributed by atoms with Crippen molar-refractivity contribution in [3.8, 4) is 5.75 Å². The lowest BCUT2D eigenvalue weighted by molar-refractivity contribution is 0.0363. The van der Waals surface area contributed by atoms with E-state index in [1.165, 1.54) is 12.0 Å². The van der Waals surface area contributed by atoms with E-state index in [4.69, 9.17) is 21.1 Å². The second-order valence-corrected chi connectivity index (χ2v) is 9.48. The zero-order valence-corrected chi connectivity index (χ0v) is 19.0.